The number of piperidine rings is 1. The molecule has 1 aliphatic heterocycles. The quantitative estimate of drug-likeness (QED) is 0.357. The molecule has 1 aromatic heterocycles. The molecule has 0 spiro atoms. The van der Waals surface area contributed by atoms with E-state index in [1.807, 2.05) is 24.3 Å². The molecule has 0 atom stereocenters. The number of rotatable bonds is 7. The molecule has 1 saturated heterocycles. The Bertz CT molecular complexity index is 1490. The van der Waals surface area contributed by atoms with Crippen LogP contribution in [0.3, 0.4) is 0 Å². The SMILES string of the molecule is O=c1sc2cc(S(=O)(=O)NCc3ccc(N4CCCCC4)cc3)ccc2n1Cc1ccc(Cl)cc1. The molecule has 0 aliphatic carbocycles. The van der Waals surface area contributed by atoms with Gasteiger partial charge in [-0.2, -0.15) is 0 Å². The standard InChI is InChI=1S/C26H26ClN3O3S2/c27-21-8-4-20(5-9-21)18-30-24-13-12-23(16-25(24)34-26(30)31)35(32,33)28-17-19-6-10-22(11-7-19)29-14-2-1-3-15-29/h4-13,16,28H,1-3,14-15,17-18H2. The van der Waals surface area contributed by atoms with Crippen LogP contribution < -0.4 is 14.5 Å². The molecule has 0 amide bonds. The molecule has 0 unspecified atom stereocenters. The van der Waals surface area contributed by atoms with E-state index in [-0.39, 0.29) is 16.3 Å². The van der Waals surface area contributed by atoms with Crippen molar-refractivity contribution in [3.05, 3.63) is 92.5 Å². The lowest BCUT2D eigenvalue weighted by Gasteiger charge is -2.28. The number of thiazole rings is 1. The van der Waals surface area contributed by atoms with E-state index in [1.54, 1.807) is 34.9 Å². The zero-order valence-corrected chi connectivity index (χ0v) is 21.5. The third-order valence-electron chi connectivity index (χ3n) is 6.33. The van der Waals surface area contributed by atoms with E-state index in [4.69, 9.17) is 11.6 Å². The number of sulfonamides is 1. The summed E-state index contributed by atoms with van der Waals surface area (Å²) in [6, 6.07) is 20.2. The van der Waals surface area contributed by atoms with E-state index >= 15 is 0 Å². The lowest BCUT2D eigenvalue weighted by Crippen LogP contribution is -2.29. The molecular weight excluding hydrogens is 502 g/mol. The van der Waals surface area contributed by atoms with Crippen molar-refractivity contribution in [2.24, 2.45) is 0 Å². The van der Waals surface area contributed by atoms with Crippen LogP contribution in [0.5, 0.6) is 0 Å². The van der Waals surface area contributed by atoms with Gasteiger partial charge in [-0.3, -0.25) is 9.36 Å². The fourth-order valence-corrected chi connectivity index (χ4v) is 6.55. The van der Waals surface area contributed by atoms with Gasteiger partial charge < -0.3 is 4.90 Å². The predicted octanol–water partition coefficient (Wildman–Crippen LogP) is 5.23. The monoisotopic (exact) mass is 527 g/mol. The van der Waals surface area contributed by atoms with Crippen molar-refractivity contribution in [3.8, 4) is 0 Å². The van der Waals surface area contributed by atoms with Crippen molar-refractivity contribution in [1.82, 2.24) is 9.29 Å². The summed E-state index contributed by atoms with van der Waals surface area (Å²) in [5.41, 5.74) is 3.73. The molecule has 35 heavy (non-hydrogen) atoms. The number of nitrogens with zero attached hydrogens (tertiary/aromatic N) is 2. The molecule has 0 radical (unpaired) electrons. The first-order chi connectivity index (χ1) is 16.9. The Hall–Kier alpha value is -2.65. The summed E-state index contributed by atoms with van der Waals surface area (Å²) < 4.78 is 30.9. The summed E-state index contributed by atoms with van der Waals surface area (Å²) >= 11 is 7.00. The highest BCUT2D eigenvalue weighted by Gasteiger charge is 2.17. The fourth-order valence-electron chi connectivity index (χ4n) is 4.37. The van der Waals surface area contributed by atoms with E-state index in [9.17, 15) is 13.2 Å². The van der Waals surface area contributed by atoms with E-state index in [0.717, 1.165) is 35.6 Å². The normalized spacial score (nSPS) is 14.5. The number of nitrogens with one attached hydrogen (secondary N) is 1. The molecule has 6 nitrogen and oxygen atoms in total. The van der Waals surface area contributed by atoms with Crippen molar-refractivity contribution < 1.29 is 8.42 Å². The number of fused-ring (bicyclic) bond motifs is 1. The van der Waals surface area contributed by atoms with Gasteiger partial charge in [0.15, 0.2) is 0 Å². The van der Waals surface area contributed by atoms with Gasteiger partial charge in [-0.05, 0) is 72.9 Å². The Kier molecular flexibility index (Phi) is 6.98. The molecule has 182 valence electrons. The Morgan fingerprint density at radius 2 is 1.57 bits per heavy atom. The van der Waals surface area contributed by atoms with Gasteiger partial charge in [0.1, 0.15) is 0 Å². The lowest BCUT2D eigenvalue weighted by atomic mass is 10.1. The van der Waals surface area contributed by atoms with Crippen LogP contribution in [0.25, 0.3) is 10.2 Å². The van der Waals surface area contributed by atoms with E-state index in [1.165, 1.54) is 24.9 Å². The lowest BCUT2D eigenvalue weighted by molar-refractivity contribution is 0.577. The molecule has 1 fully saturated rings. The van der Waals surface area contributed by atoms with E-state index < -0.39 is 10.0 Å². The maximum Gasteiger partial charge on any atom is 0.308 e. The molecule has 0 bridgehead atoms. The summed E-state index contributed by atoms with van der Waals surface area (Å²) in [6.07, 6.45) is 3.71. The van der Waals surface area contributed by atoms with Crippen LogP contribution in [0.2, 0.25) is 5.02 Å². The molecule has 9 heteroatoms. The molecule has 2 heterocycles. The van der Waals surface area contributed by atoms with E-state index in [2.05, 4.69) is 21.8 Å². The minimum atomic E-state index is -3.73. The predicted molar refractivity (Wildman–Crippen MR) is 143 cm³/mol. The summed E-state index contributed by atoms with van der Waals surface area (Å²) in [5.74, 6) is 0. The van der Waals surface area contributed by atoms with Crippen LogP contribution in [0.1, 0.15) is 30.4 Å². The molecular formula is C26H26ClN3O3S2. The Morgan fingerprint density at radius 1 is 0.886 bits per heavy atom. The maximum atomic E-state index is 13.0. The van der Waals surface area contributed by atoms with Gasteiger partial charge >= 0.3 is 4.87 Å². The minimum absolute atomic E-state index is 0.133. The van der Waals surface area contributed by atoms with Crippen molar-refractivity contribution >= 4 is 48.9 Å². The largest absolute Gasteiger partial charge is 0.372 e. The number of benzene rings is 3. The molecule has 5 rings (SSSR count). The second kappa shape index (κ2) is 10.1. The van der Waals surface area contributed by atoms with Crippen LogP contribution in [0.15, 0.2) is 76.4 Å². The highest BCUT2D eigenvalue weighted by molar-refractivity contribution is 7.89. The number of halogens is 1. The maximum absolute atomic E-state index is 13.0. The first kappa shape index (κ1) is 24.1. The van der Waals surface area contributed by atoms with Gasteiger partial charge in [0, 0.05) is 30.3 Å². The summed E-state index contributed by atoms with van der Waals surface area (Å²) in [5, 5.41) is 0.636. The highest BCUT2D eigenvalue weighted by atomic mass is 35.5. The minimum Gasteiger partial charge on any atom is -0.372 e. The zero-order valence-electron chi connectivity index (χ0n) is 19.1. The number of hydrogen-bond donors (Lipinski definition) is 1. The number of hydrogen-bond acceptors (Lipinski definition) is 5. The number of aromatic nitrogens is 1. The van der Waals surface area contributed by atoms with Crippen molar-refractivity contribution in [1.29, 1.82) is 0 Å². The van der Waals surface area contributed by atoms with E-state index in [0.29, 0.717) is 21.8 Å². The summed E-state index contributed by atoms with van der Waals surface area (Å²) in [6.45, 7) is 2.74. The second-order valence-corrected chi connectivity index (χ2v) is 11.9. The molecule has 0 saturated carbocycles. The average molecular weight is 528 g/mol. The first-order valence-electron chi connectivity index (χ1n) is 11.6. The van der Waals surface area contributed by atoms with Crippen molar-refractivity contribution in [2.45, 2.75) is 37.2 Å². The van der Waals surface area contributed by atoms with Crippen molar-refractivity contribution in [2.75, 3.05) is 18.0 Å². The first-order valence-corrected chi connectivity index (χ1v) is 14.3. The summed E-state index contributed by atoms with van der Waals surface area (Å²) in [4.78, 5) is 15.0. The van der Waals surface area contributed by atoms with Crippen LogP contribution >= 0.6 is 22.9 Å². The second-order valence-electron chi connectivity index (χ2n) is 8.75. The zero-order chi connectivity index (χ0) is 24.4. The molecule has 1 aliphatic rings. The summed E-state index contributed by atoms with van der Waals surface area (Å²) in [7, 11) is -3.73. The molecule has 3 aromatic carbocycles. The van der Waals surface area contributed by atoms with Gasteiger partial charge in [-0.25, -0.2) is 13.1 Å². The van der Waals surface area contributed by atoms with Gasteiger partial charge in [0.05, 0.1) is 21.7 Å². The fraction of sp³-hybridized carbons (Fsp3) is 0.269. The van der Waals surface area contributed by atoms with Gasteiger partial charge in [0.25, 0.3) is 0 Å². The van der Waals surface area contributed by atoms with Crippen LogP contribution in [-0.4, -0.2) is 26.1 Å². The van der Waals surface area contributed by atoms with Crippen molar-refractivity contribution in [3.63, 3.8) is 0 Å². The van der Waals surface area contributed by atoms with Gasteiger partial charge in [-0.15, -0.1) is 0 Å². The third kappa shape index (κ3) is 5.46. The van der Waals surface area contributed by atoms with Gasteiger partial charge in [0.2, 0.25) is 10.0 Å². The van der Waals surface area contributed by atoms with Gasteiger partial charge in [-0.1, -0.05) is 47.2 Å². The highest BCUT2D eigenvalue weighted by Crippen LogP contribution is 2.24. The van der Waals surface area contributed by atoms with Crippen LogP contribution in [0, 0.1) is 0 Å². The average Bonchev–Trinajstić information content (AvgIpc) is 3.19. The smallest absolute Gasteiger partial charge is 0.308 e. The molecule has 1 N–H and O–H groups in total. The number of anilines is 1. The Labute approximate surface area is 213 Å². The van der Waals surface area contributed by atoms with Crippen LogP contribution in [-0.2, 0) is 23.1 Å². The van der Waals surface area contributed by atoms with Crippen LogP contribution in [0.4, 0.5) is 5.69 Å². The third-order valence-corrected chi connectivity index (χ3v) is 8.92. The molecule has 4 aromatic rings. The topological polar surface area (TPSA) is 71.4 Å². The Morgan fingerprint density at radius 3 is 2.29 bits per heavy atom. The Balaban J connectivity index is 1.30.